The minimum Gasteiger partial charge on any atom is -0.312 e. The van der Waals surface area contributed by atoms with Gasteiger partial charge in [-0.2, -0.15) is 0 Å². The number of nitrogens with zero attached hydrogens (tertiary/aromatic N) is 1. The van der Waals surface area contributed by atoms with E-state index in [1.54, 1.807) is 0 Å². The van der Waals surface area contributed by atoms with Gasteiger partial charge in [-0.15, -0.1) is 11.3 Å². The van der Waals surface area contributed by atoms with E-state index in [4.69, 9.17) is 0 Å². The molecular weight excluding hydrogens is 240 g/mol. The molecule has 0 aliphatic carbocycles. The number of nitrogens with one attached hydrogen (secondary N) is 1. The molecule has 1 aliphatic rings. The zero-order valence-electron chi connectivity index (χ0n) is 11.0. The van der Waals surface area contributed by atoms with E-state index in [9.17, 15) is 0 Å². The summed E-state index contributed by atoms with van der Waals surface area (Å²) in [5.74, 6) is 0. The van der Waals surface area contributed by atoms with Crippen LogP contribution in [0, 0.1) is 0 Å². The van der Waals surface area contributed by atoms with Crippen LogP contribution >= 0.6 is 11.3 Å². The smallest absolute Gasteiger partial charge is 0.0510 e. The van der Waals surface area contributed by atoms with Crippen molar-refractivity contribution in [1.29, 1.82) is 0 Å². The Morgan fingerprint density at radius 1 is 1.33 bits per heavy atom. The van der Waals surface area contributed by atoms with Crippen LogP contribution in [0.25, 0.3) is 10.1 Å². The number of likely N-dealkylation sites (N-methyl/N-ethyl adjacent to an activating group) is 1. The summed E-state index contributed by atoms with van der Waals surface area (Å²) in [5, 5.41) is 7.42. The lowest BCUT2D eigenvalue weighted by atomic mass is 9.96. The fourth-order valence-corrected chi connectivity index (χ4v) is 4.05. The second-order valence-corrected chi connectivity index (χ2v) is 6.21. The highest BCUT2D eigenvalue weighted by atomic mass is 32.1. The molecule has 0 bridgehead atoms. The first kappa shape index (κ1) is 12.2. The van der Waals surface area contributed by atoms with Crippen LogP contribution in [0.5, 0.6) is 0 Å². The van der Waals surface area contributed by atoms with Crippen LogP contribution in [-0.4, -0.2) is 31.6 Å². The van der Waals surface area contributed by atoms with Crippen LogP contribution in [0.1, 0.15) is 24.4 Å². The van der Waals surface area contributed by atoms with E-state index in [0.29, 0.717) is 12.1 Å². The van der Waals surface area contributed by atoms with Crippen molar-refractivity contribution in [1.82, 2.24) is 10.2 Å². The number of thiophene rings is 1. The summed E-state index contributed by atoms with van der Waals surface area (Å²) in [6, 6.07) is 9.83. The minimum absolute atomic E-state index is 0.489. The molecule has 2 nitrogen and oxygen atoms in total. The lowest BCUT2D eigenvalue weighted by Gasteiger charge is -2.30. The molecule has 2 atom stereocenters. The molecule has 1 aromatic heterocycles. The maximum absolute atomic E-state index is 3.65. The SMILES string of the molecule is CN(C)C(c1csc2ccccc12)C1CCCN1. The van der Waals surface area contributed by atoms with Gasteiger partial charge in [-0.25, -0.2) is 0 Å². The first-order valence-electron chi connectivity index (χ1n) is 6.63. The monoisotopic (exact) mass is 260 g/mol. The Morgan fingerprint density at radius 2 is 2.17 bits per heavy atom. The molecule has 1 saturated heterocycles. The quantitative estimate of drug-likeness (QED) is 0.911. The Labute approximate surface area is 113 Å². The zero-order valence-corrected chi connectivity index (χ0v) is 11.8. The zero-order chi connectivity index (χ0) is 12.5. The van der Waals surface area contributed by atoms with E-state index in [2.05, 4.69) is 54.0 Å². The average Bonchev–Trinajstić information content (AvgIpc) is 3.00. The van der Waals surface area contributed by atoms with Gasteiger partial charge in [0.1, 0.15) is 0 Å². The molecule has 1 aromatic carbocycles. The molecular formula is C15H20N2S. The summed E-state index contributed by atoms with van der Waals surface area (Å²) in [4.78, 5) is 2.36. The van der Waals surface area contributed by atoms with E-state index in [1.807, 2.05) is 11.3 Å². The topological polar surface area (TPSA) is 15.3 Å². The highest BCUT2D eigenvalue weighted by Gasteiger charge is 2.29. The van der Waals surface area contributed by atoms with E-state index >= 15 is 0 Å². The van der Waals surface area contributed by atoms with Crippen LogP contribution in [0.2, 0.25) is 0 Å². The normalized spacial score (nSPS) is 21.8. The third-order valence-corrected chi connectivity index (χ3v) is 4.85. The maximum Gasteiger partial charge on any atom is 0.0510 e. The van der Waals surface area contributed by atoms with Crippen molar-refractivity contribution in [2.75, 3.05) is 20.6 Å². The summed E-state index contributed by atoms with van der Waals surface area (Å²) < 4.78 is 1.40. The van der Waals surface area contributed by atoms with Crippen LogP contribution in [0.3, 0.4) is 0 Å². The van der Waals surface area contributed by atoms with E-state index < -0.39 is 0 Å². The third kappa shape index (κ3) is 2.07. The fourth-order valence-electron chi connectivity index (χ4n) is 3.06. The Bertz CT molecular complexity index is 526. The van der Waals surface area contributed by atoms with Crippen molar-refractivity contribution in [2.45, 2.75) is 24.9 Å². The standard InChI is InChI=1S/C15H20N2S/c1-17(2)15(13-7-5-9-16-13)12-10-18-14-8-4-3-6-11(12)14/h3-4,6,8,10,13,15-16H,5,7,9H2,1-2H3. The van der Waals surface area contributed by atoms with Crippen molar-refractivity contribution in [2.24, 2.45) is 0 Å². The molecule has 0 amide bonds. The Morgan fingerprint density at radius 3 is 2.89 bits per heavy atom. The van der Waals surface area contributed by atoms with Gasteiger partial charge in [0, 0.05) is 10.7 Å². The largest absolute Gasteiger partial charge is 0.312 e. The lowest BCUT2D eigenvalue weighted by Crippen LogP contribution is -2.37. The molecule has 1 aliphatic heterocycles. The Balaban J connectivity index is 2.03. The number of fused-ring (bicyclic) bond motifs is 1. The van der Waals surface area contributed by atoms with Gasteiger partial charge in [-0.1, -0.05) is 18.2 Å². The molecule has 2 heterocycles. The second kappa shape index (κ2) is 5.00. The van der Waals surface area contributed by atoms with Crippen LogP contribution in [0.4, 0.5) is 0 Å². The third-order valence-electron chi connectivity index (χ3n) is 3.87. The molecule has 2 unspecified atom stereocenters. The second-order valence-electron chi connectivity index (χ2n) is 5.30. The van der Waals surface area contributed by atoms with Crippen LogP contribution < -0.4 is 5.32 Å². The Kier molecular flexibility index (Phi) is 3.37. The highest BCUT2D eigenvalue weighted by Crippen LogP contribution is 2.35. The first-order chi connectivity index (χ1) is 8.77. The number of hydrogen-bond acceptors (Lipinski definition) is 3. The van der Waals surface area contributed by atoms with Gasteiger partial charge in [0.15, 0.2) is 0 Å². The van der Waals surface area contributed by atoms with E-state index in [1.165, 1.54) is 28.5 Å². The average molecular weight is 260 g/mol. The fraction of sp³-hybridized carbons (Fsp3) is 0.467. The molecule has 1 N–H and O–H groups in total. The molecule has 0 radical (unpaired) electrons. The summed E-state index contributed by atoms with van der Waals surface area (Å²) in [5.41, 5.74) is 1.49. The number of rotatable bonds is 3. The van der Waals surface area contributed by atoms with Crippen molar-refractivity contribution in [3.05, 3.63) is 35.2 Å². The van der Waals surface area contributed by atoms with Gasteiger partial charge in [0.2, 0.25) is 0 Å². The first-order valence-corrected chi connectivity index (χ1v) is 7.51. The molecule has 1 fully saturated rings. The van der Waals surface area contributed by atoms with Gasteiger partial charge in [0.25, 0.3) is 0 Å². The molecule has 2 aromatic rings. The van der Waals surface area contributed by atoms with Gasteiger partial charge in [0.05, 0.1) is 6.04 Å². The van der Waals surface area contributed by atoms with Crippen molar-refractivity contribution in [3.63, 3.8) is 0 Å². The predicted octanol–water partition coefficient (Wildman–Crippen LogP) is 3.26. The molecule has 3 heteroatoms. The molecule has 0 spiro atoms. The summed E-state index contributed by atoms with van der Waals surface area (Å²) in [7, 11) is 4.38. The molecule has 96 valence electrons. The molecule has 18 heavy (non-hydrogen) atoms. The number of hydrogen-bond donors (Lipinski definition) is 1. The maximum atomic E-state index is 3.65. The van der Waals surface area contributed by atoms with E-state index in [0.717, 1.165) is 6.54 Å². The van der Waals surface area contributed by atoms with Crippen LogP contribution in [0.15, 0.2) is 29.6 Å². The Hall–Kier alpha value is -0.900. The van der Waals surface area contributed by atoms with Gasteiger partial charge in [-0.3, -0.25) is 0 Å². The summed E-state index contributed by atoms with van der Waals surface area (Å²) in [6.07, 6.45) is 2.59. The lowest BCUT2D eigenvalue weighted by molar-refractivity contribution is 0.246. The van der Waals surface area contributed by atoms with Crippen molar-refractivity contribution < 1.29 is 0 Å². The molecule has 0 saturated carbocycles. The minimum atomic E-state index is 0.489. The number of benzene rings is 1. The van der Waals surface area contributed by atoms with Crippen molar-refractivity contribution >= 4 is 21.4 Å². The summed E-state index contributed by atoms with van der Waals surface area (Å²) >= 11 is 1.86. The predicted molar refractivity (Wildman–Crippen MR) is 79.3 cm³/mol. The van der Waals surface area contributed by atoms with Crippen molar-refractivity contribution in [3.8, 4) is 0 Å². The van der Waals surface area contributed by atoms with Crippen LogP contribution in [-0.2, 0) is 0 Å². The van der Waals surface area contributed by atoms with Gasteiger partial charge in [-0.05, 0) is 55.9 Å². The van der Waals surface area contributed by atoms with Gasteiger partial charge < -0.3 is 10.2 Å². The highest BCUT2D eigenvalue weighted by molar-refractivity contribution is 7.17. The summed E-state index contributed by atoms with van der Waals surface area (Å²) in [6.45, 7) is 1.16. The van der Waals surface area contributed by atoms with E-state index in [-0.39, 0.29) is 0 Å². The molecule has 3 rings (SSSR count). The van der Waals surface area contributed by atoms with Gasteiger partial charge >= 0.3 is 0 Å².